The number of aliphatic hydroxyl groups is 1. The van der Waals surface area contributed by atoms with Crippen molar-refractivity contribution >= 4 is 33.5 Å². The van der Waals surface area contributed by atoms with Crippen molar-refractivity contribution in [3.8, 4) is 5.75 Å². The molecular formula is C33H36F3N3O8S. The van der Waals surface area contributed by atoms with Crippen molar-refractivity contribution in [3.05, 3.63) is 90.0 Å². The zero-order chi connectivity index (χ0) is 35.2. The monoisotopic (exact) mass is 691 g/mol. The van der Waals surface area contributed by atoms with Gasteiger partial charge in [-0.25, -0.2) is 13.2 Å². The normalized spacial score (nSPS) is 16.5. The lowest BCUT2D eigenvalue weighted by atomic mass is 10.0. The maximum absolute atomic E-state index is 13.8. The molecule has 2 amide bonds. The Balaban J connectivity index is 1.59. The molecule has 2 N–H and O–H groups in total. The van der Waals surface area contributed by atoms with Gasteiger partial charge in [0.2, 0.25) is 10.0 Å². The summed E-state index contributed by atoms with van der Waals surface area (Å²) >= 11 is 0. The van der Waals surface area contributed by atoms with E-state index in [1.807, 2.05) is 0 Å². The van der Waals surface area contributed by atoms with E-state index in [0.717, 1.165) is 16.4 Å². The summed E-state index contributed by atoms with van der Waals surface area (Å²) in [5.41, 5.74) is 1.37. The first-order valence-electron chi connectivity index (χ1n) is 15.0. The predicted molar refractivity (Wildman–Crippen MR) is 169 cm³/mol. The van der Waals surface area contributed by atoms with Crippen LogP contribution < -0.4 is 15.0 Å². The van der Waals surface area contributed by atoms with Crippen LogP contribution in [0.3, 0.4) is 0 Å². The van der Waals surface area contributed by atoms with E-state index in [4.69, 9.17) is 4.74 Å². The van der Waals surface area contributed by atoms with E-state index in [1.54, 1.807) is 62.4 Å². The maximum Gasteiger partial charge on any atom is 0.573 e. The van der Waals surface area contributed by atoms with Crippen LogP contribution in [-0.4, -0.2) is 79.9 Å². The van der Waals surface area contributed by atoms with Crippen LogP contribution in [0.2, 0.25) is 0 Å². The number of anilines is 1. The molecular weight excluding hydrogens is 655 g/mol. The van der Waals surface area contributed by atoms with Crippen LogP contribution in [0.5, 0.6) is 5.75 Å². The van der Waals surface area contributed by atoms with Crippen LogP contribution in [0, 0.1) is 5.92 Å². The number of carbonyl (C=O) groups is 3. The van der Waals surface area contributed by atoms with Gasteiger partial charge in [0, 0.05) is 24.3 Å². The Morgan fingerprint density at radius 3 is 2.35 bits per heavy atom. The van der Waals surface area contributed by atoms with Crippen molar-refractivity contribution in [2.75, 3.05) is 24.5 Å². The number of nitrogens with zero attached hydrogens (tertiary/aromatic N) is 2. The molecule has 3 atom stereocenters. The van der Waals surface area contributed by atoms with Crippen LogP contribution in [0.15, 0.2) is 83.8 Å². The number of para-hydroxylation sites is 1. The summed E-state index contributed by atoms with van der Waals surface area (Å²) in [6.07, 6.45) is -8.84. The summed E-state index contributed by atoms with van der Waals surface area (Å²) in [7, 11) is -4.66. The first-order chi connectivity index (χ1) is 22.5. The Bertz CT molecular complexity index is 1720. The number of ether oxygens (including phenoxy) is 2. The van der Waals surface area contributed by atoms with Gasteiger partial charge in [0.1, 0.15) is 10.6 Å². The molecule has 0 unspecified atom stereocenters. The second-order valence-corrected chi connectivity index (χ2v) is 13.6. The Morgan fingerprint density at radius 1 is 1.04 bits per heavy atom. The number of sulfonamides is 1. The smallest absolute Gasteiger partial charge is 0.434 e. The lowest BCUT2D eigenvalue weighted by molar-refractivity contribution is -0.275. The number of Topliss-reactive ketones (excluding diaryl/α,β-unsaturated/α-hetero) is 1. The predicted octanol–water partition coefficient (Wildman–Crippen LogP) is 4.55. The van der Waals surface area contributed by atoms with Gasteiger partial charge in [-0.1, -0.05) is 68.4 Å². The molecule has 0 saturated carbocycles. The van der Waals surface area contributed by atoms with Gasteiger partial charge < -0.3 is 19.9 Å². The molecule has 0 spiro atoms. The fourth-order valence-electron chi connectivity index (χ4n) is 5.16. The van der Waals surface area contributed by atoms with Crippen LogP contribution >= 0.6 is 0 Å². The molecule has 0 radical (unpaired) electrons. The van der Waals surface area contributed by atoms with Gasteiger partial charge >= 0.3 is 12.5 Å². The fourth-order valence-corrected chi connectivity index (χ4v) is 6.89. The topological polar surface area (TPSA) is 143 Å². The zero-order valence-corrected chi connectivity index (χ0v) is 27.2. The van der Waals surface area contributed by atoms with E-state index in [9.17, 15) is 41.1 Å². The number of amides is 2. The number of cyclic esters (lactones) is 1. The van der Waals surface area contributed by atoms with Crippen molar-refractivity contribution in [2.45, 2.75) is 56.7 Å². The van der Waals surface area contributed by atoms with Crippen molar-refractivity contribution < 1.29 is 50.6 Å². The van der Waals surface area contributed by atoms with E-state index in [2.05, 4.69) is 10.1 Å². The molecule has 258 valence electrons. The van der Waals surface area contributed by atoms with Crippen LogP contribution in [-0.2, 0) is 26.0 Å². The molecule has 1 fully saturated rings. The standard InChI is InChI=1S/C33H36F3N3O8S/c1-21(2)18-38(48(44,45)30-15-8-7-14-28(30)47-33(34,35)36)19-27(41)26(16-23-10-5-4-6-11-23)37-31(42)29-20-39(32(43)46-29)25-13-9-12-24(17-25)22(3)40/h4-15,17,21,26-27,29,41H,16,18-20H2,1-3H3,(H,37,42)/t26-,27+,29-/m0/s1. The third kappa shape index (κ3) is 9.33. The number of hydrogen-bond donors (Lipinski definition) is 2. The third-order valence-corrected chi connectivity index (χ3v) is 9.28. The summed E-state index contributed by atoms with van der Waals surface area (Å²) in [6, 6.07) is 18.1. The number of halogens is 3. The summed E-state index contributed by atoms with van der Waals surface area (Å²) in [5, 5.41) is 14.2. The first kappa shape index (κ1) is 36.4. The minimum Gasteiger partial charge on any atom is -0.434 e. The van der Waals surface area contributed by atoms with Gasteiger partial charge in [0.15, 0.2) is 11.9 Å². The number of alkyl halides is 3. The highest BCUT2D eigenvalue weighted by atomic mass is 32.2. The number of ketones is 1. The van der Waals surface area contributed by atoms with Crippen molar-refractivity contribution in [3.63, 3.8) is 0 Å². The molecule has 3 aromatic carbocycles. The molecule has 0 bridgehead atoms. The molecule has 1 saturated heterocycles. The highest BCUT2D eigenvalue weighted by Crippen LogP contribution is 2.32. The van der Waals surface area contributed by atoms with Gasteiger partial charge in [0.05, 0.1) is 18.7 Å². The van der Waals surface area contributed by atoms with Crippen molar-refractivity contribution in [2.24, 2.45) is 5.92 Å². The third-order valence-electron chi connectivity index (χ3n) is 7.41. The summed E-state index contributed by atoms with van der Waals surface area (Å²) in [4.78, 5) is 38.5. The van der Waals surface area contributed by atoms with Crippen LogP contribution in [0.25, 0.3) is 0 Å². The summed E-state index contributed by atoms with van der Waals surface area (Å²) < 4.78 is 77.1. The molecule has 1 aliphatic rings. The van der Waals surface area contributed by atoms with E-state index >= 15 is 0 Å². The Hall–Kier alpha value is -4.47. The number of nitrogens with one attached hydrogen (secondary N) is 1. The number of rotatable bonds is 14. The Morgan fingerprint density at radius 2 is 1.71 bits per heavy atom. The Kier molecular flexibility index (Phi) is 11.5. The SMILES string of the molecule is CC(=O)c1cccc(N2C[C@@H](C(=O)N[C@@H](Cc3ccccc3)[C@H](O)CN(CC(C)C)S(=O)(=O)c3ccccc3OC(F)(F)F)OC2=O)c1. The number of hydrogen-bond acceptors (Lipinski definition) is 8. The summed E-state index contributed by atoms with van der Waals surface area (Å²) in [5.74, 6) is -2.23. The molecule has 3 aromatic rings. The van der Waals surface area contributed by atoms with Crippen LogP contribution in [0.4, 0.5) is 23.7 Å². The van der Waals surface area contributed by atoms with Crippen LogP contribution in [0.1, 0.15) is 36.7 Å². The minimum atomic E-state index is -5.16. The zero-order valence-electron chi connectivity index (χ0n) is 26.4. The molecule has 0 aliphatic carbocycles. The molecule has 4 rings (SSSR count). The molecule has 15 heteroatoms. The van der Waals surface area contributed by atoms with Gasteiger partial charge in [0.25, 0.3) is 5.91 Å². The summed E-state index contributed by atoms with van der Waals surface area (Å²) in [6.45, 7) is 3.78. The molecule has 1 aliphatic heterocycles. The van der Waals surface area contributed by atoms with E-state index in [-0.39, 0.29) is 31.2 Å². The average Bonchev–Trinajstić information content (AvgIpc) is 3.41. The number of carbonyl (C=O) groups excluding carboxylic acids is 3. The number of benzene rings is 3. The minimum absolute atomic E-state index is 0.0299. The van der Waals surface area contributed by atoms with Crippen molar-refractivity contribution in [1.82, 2.24) is 9.62 Å². The molecule has 11 nitrogen and oxygen atoms in total. The average molecular weight is 692 g/mol. The first-order valence-corrected chi connectivity index (χ1v) is 16.5. The van der Waals surface area contributed by atoms with E-state index in [1.165, 1.54) is 30.0 Å². The number of aliphatic hydroxyl groups excluding tert-OH is 1. The lowest BCUT2D eigenvalue weighted by Crippen LogP contribution is -2.53. The second kappa shape index (κ2) is 15.2. The van der Waals surface area contributed by atoms with Gasteiger partial charge in [-0.15, -0.1) is 13.2 Å². The highest BCUT2D eigenvalue weighted by Gasteiger charge is 2.40. The quantitative estimate of drug-likeness (QED) is 0.235. The highest BCUT2D eigenvalue weighted by molar-refractivity contribution is 7.89. The molecule has 1 heterocycles. The Labute approximate surface area is 276 Å². The lowest BCUT2D eigenvalue weighted by Gasteiger charge is -2.31. The molecule has 0 aromatic heterocycles. The fraction of sp³-hybridized carbons (Fsp3) is 0.364. The van der Waals surface area contributed by atoms with E-state index in [0.29, 0.717) is 16.8 Å². The van der Waals surface area contributed by atoms with Gasteiger partial charge in [-0.2, -0.15) is 4.31 Å². The van der Waals surface area contributed by atoms with Crippen molar-refractivity contribution in [1.29, 1.82) is 0 Å². The largest absolute Gasteiger partial charge is 0.573 e. The van der Waals surface area contributed by atoms with Gasteiger partial charge in [-0.05, 0) is 49.1 Å². The van der Waals surface area contributed by atoms with E-state index < -0.39 is 63.8 Å². The van der Waals surface area contributed by atoms with Gasteiger partial charge in [-0.3, -0.25) is 14.5 Å². The maximum atomic E-state index is 13.8. The molecule has 48 heavy (non-hydrogen) atoms. The second-order valence-electron chi connectivity index (χ2n) is 11.7.